The third-order valence-corrected chi connectivity index (χ3v) is 1.71. The van der Waals surface area contributed by atoms with E-state index in [-0.39, 0.29) is 17.1 Å². The van der Waals surface area contributed by atoms with Crippen LogP contribution in [0.1, 0.15) is 16.1 Å². The molecule has 0 aromatic carbocycles. The summed E-state index contributed by atoms with van der Waals surface area (Å²) in [5.41, 5.74) is 0.181. The first-order valence-corrected chi connectivity index (χ1v) is 3.96. The van der Waals surface area contributed by atoms with Gasteiger partial charge >= 0.3 is 0 Å². The molecular weight excluding hydrogens is 185 g/mol. The van der Waals surface area contributed by atoms with Gasteiger partial charge in [-0.05, 0) is 18.2 Å². The van der Waals surface area contributed by atoms with Crippen LogP contribution in [0.4, 0.5) is 4.39 Å². The first-order valence-electron chi connectivity index (χ1n) is 3.96. The van der Waals surface area contributed by atoms with Gasteiger partial charge in [0.05, 0.1) is 12.5 Å². The van der Waals surface area contributed by atoms with Crippen LogP contribution in [0, 0.1) is 5.82 Å². The minimum Gasteiger partial charge on any atom is -0.461 e. The third-order valence-electron chi connectivity index (χ3n) is 1.71. The zero-order chi connectivity index (χ0) is 9.97. The number of pyridine rings is 1. The SMILES string of the molecule is O=C(c1cncc(F)c1)c1ccco1. The predicted molar refractivity (Wildman–Crippen MR) is 46.3 cm³/mol. The molecule has 0 aliphatic heterocycles. The van der Waals surface area contributed by atoms with Crippen molar-refractivity contribution in [1.29, 1.82) is 0 Å². The van der Waals surface area contributed by atoms with Gasteiger partial charge in [0.2, 0.25) is 5.78 Å². The fraction of sp³-hybridized carbons (Fsp3) is 0. The van der Waals surface area contributed by atoms with E-state index in [1.807, 2.05) is 0 Å². The van der Waals surface area contributed by atoms with E-state index in [9.17, 15) is 9.18 Å². The maximum absolute atomic E-state index is 12.7. The summed E-state index contributed by atoms with van der Waals surface area (Å²) in [7, 11) is 0. The fourth-order valence-electron chi connectivity index (χ4n) is 1.09. The molecule has 4 heteroatoms. The third kappa shape index (κ3) is 1.54. The summed E-state index contributed by atoms with van der Waals surface area (Å²) < 4.78 is 17.6. The second kappa shape index (κ2) is 3.41. The summed E-state index contributed by atoms with van der Waals surface area (Å²) in [4.78, 5) is 15.1. The number of carbonyl (C=O) groups is 1. The van der Waals surface area contributed by atoms with Crippen LogP contribution in [0.25, 0.3) is 0 Å². The Kier molecular flexibility index (Phi) is 2.10. The van der Waals surface area contributed by atoms with Crippen molar-refractivity contribution in [3.63, 3.8) is 0 Å². The van der Waals surface area contributed by atoms with Crippen molar-refractivity contribution in [1.82, 2.24) is 4.98 Å². The molecule has 0 atom stereocenters. The molecule has 2 aromatic rings. The van der Waals surface area contributed by atoms with Crippen LogP contribution in [0.3, 0.4) is 0 Å². The van der Waals surface area contributed by atoms with Gasteiger partial charge in [-0.25, -0.2) is 4.39 Å². The average Bonchev–Trinajstić information content (AvgIpc) is 2.69. The summed E-state index contributed by atoms with van der Waals surface area (Å²) in [5, 5.41) is 0. The lowest BCUT2D eigenvalue weighted by molar-refractivity contribution is 0.101. The highest BCUT2D eigenvalue weighted by Crippen LogP contribution is 2.09. The van der Waals surface area contributed by atoms with Crippen LogP contribution in [0.2, 0.25) is 0 Å². The minimum atomic E-state index is -0.539. The lowest BCUT2D eigenvalue weighted by Gasteiger charge is -1.95. The molecule has 70 valence electrons. The van der Waals surface area contributed by atoms with E-state index >= 15 is 0 Å². The van der Waals surface area contributed by atoms with E-state index < -0.39 is 5.82 Å². The molecule has 0 spiro atoms. The van der Waals surface area contributed by atoms with Gasteiger partial charge in [0.1, 0.15) is 5.82 Å². The van der Waals surface area contributed by atoms with E-state index in [4.69, 9.17) is 4.42 Å². The Morgan fingerprint density at radius 3 is 2.93 bits per heavy atom. The van der Waals surface area contributed by atoms with Gasteiger partial charge in [0.25, 0.3) is 0 Å². The Labute approximate surface area is 79.2 Å². The molecule has 3 nitrogen and oxygen atoms in total. The smallest absolute Gasteiger partial charge is 0.229 e. The van der Waals surface area contributed by atoms with E-state index in [2.05, 4.69) is 4.98 Å². The van der Waals surface area contributed by atoms with Gasteiger partial charge in [-0.15, -0.1) is 0 Å². The lowest BCUT2D eigenvalue weighted by atomic mass is 10.1. The number of rotatable bonds is 2. The molecule has 0 unspecified atom stereocenters. The highest BCUT2D eigenvalue weighted by Gasteiger charge is 2.12. The number of ketones is 1. The Bertz CT molecular complexity index is 451. The molecule has 2 aromatic heterocycles. The molecule has 0 radical (unpaired) electrons. The van der Waals surface area contributed by atoms with Crippen LogP contribution in [0.5, 0.6) is 0 Å². The van der Waals surface area contributed by atoms with E-state index in [0.29, 0.717) is 0 Å². The zero-order valence-corrected chi connectivity index (χ0v) is 7.11. The van der Waals surface area contributed by atoms with Crippen LogP contribution < -0.4 is 0 Å². The number of hydrogen-bond acceptors (Lipinski definition) is 3. The average molecular weight is 191 g/mol. The van der Waals surface area contributed by atoms with Crippen LogP contribution >= 0.6 is 0 Å². The largest absolute Gasteiger partial charge is 0.461 e. The number of halogens is 1. The predicted octanol–water partition coefficient (Wildman–Crippen LogP) is 2.04. The topological polar surface area (TPSA) is 43.1 Å². The highest BCUT2D eigenvalue weighted by molar-refractivity contribution is 6.06. The number of aromatic nitrogens is 1. The van der Waals surface area contributed by atoms with E-state index in [1.165, 1.54) is 18.5 Å². The van der Waals surface area contributed by atoms with Crippen molar-refractivity contribution < 1.29 is 13.6 Å². The quantitative estimate of drug-likeness (QED) is 0.682. The summed E-state index contributed by atoms with van der Waals surface area (Å²) in [6.45, 7) is 0. The first kappa shape index (κ1) is 8.62. The Morgan fingerprint density at radius 1 is 1.43 bits per heavy atom. The molecule has 2 rings (SSSR count). The van der Waals surface area contributed by atoms with Crippen molar-refractivity contribution >= 4 is 5.78 Å². The molecule has 0 aliphatic rings. The Hall–Kier alpha value is -1.97. The minimum absolute atomic E-state index is 0.178. The molecule has 14 heavy (non-hydrogen) atoms. The molecule has 0 saturated carbocycles. The number of nitrogens with zero attached hydrogens (tertiary/aromatic N) is 1. The van der Waals surface area contributed by atoms with Gasteiger partial charge in [-0.1, -0.05) is 0 Å². The first-order chi connectivity index (χ1) is 6.77. The van der Waals surface area contributed by atoms with E-state index in [1.54, 1.807) is 6.07 Å². The van der Waals surface area contributed by atoms with Crippen molar-refractivity contribution in [2.24, 2.45) is 0 Å². The van der Waals surface area contributed by atoms with Gasteiger partial charge in [-0.3, -0.25) is 9.78 Å². The van der Waals surface area contributed by atoms with Gasteiger partial charge in [0, 0.05) is 11.8 Å². The van der Waals surface area contributed by atoms with Crippen LogP contribution in [0.15, 0.2) is 41.3 Å². The zero-order valence-electron chi connectivity index (χ0n) is 7.11. The van der Waals surface area contributed by atoms with Gasteiger partial charge in [0.15, 0.2) is 5.76 Å². The molecule has 0 bridgehead atoms. The second-order valence-corrected chi connectivity index (χ2v) is 2.70. The standard InChI is InChI=1S/C10H6FNO2/c11-8-4-7(5-12-6-8)10(13)9-2-1-3-14-9/h1-6H. The second-order valence-electron chi connectivity index (χ2n) is 2.70. The van der Waals surface area contributed by atoms with E-state index in [0.717, 1.165) is 12.3 Å². The summed E-state index contributed by atoms with van der Waals surface area (Å²) >= 11 is 0. The normalized spacial score (nSPS) is 10.1. The molecule has 0 aliphatic carbocycles. The van der Waals surface area contributed by atoms with Crippen molar-refractivity contribution in [3.05, 3.63) is 54.0 Å². The van der Waals surface area contributed by atoms with Crippen LogP contribution in [-0.4, -0.2) is 10.8 Å². The van der Waals surface area contributed by atoms with Crippen molar-refractivity contribution in [3.8, 4) is 0 Å². The maximum atomic E-state index is 12.7. The highest BCUT2D eigenvalue weighted by atomic mass is 19.1. The monoisotopic (exact) mass is 191 g/mol. The number of furan rings is 1. The summed E-state index contributed by atoms with van der Waals surface area (Å²) in [5.74, 6) is -0.734. The van der Waals surface area contributed by atoms with Crippen molar-refractivity contribution in [2.75, 3.05) is 0 Å². The lowest BCUT2D eigenvalue weighted by Crippen LogP contribution is -2.00. The molecule has 2 heterocycles. The Balaban J connectivity index is 2.37. The van der Waals surface area contributed by atoms with Crippen molar-refractivity contribution in [2.45, 2.75) is 0 Å². The summed E-state index contributed by atoms with van der Waals surface area (Å²) in [6, 6.07) is 4.24. The molecule has 0 N–H and O–H groups in total. The fourth-order valence-corrected chi connectivity index (χ4v) is 1.09. The molecular formula is C10H6FNO2. The van der Waals surface area contributed by atoms with Crippen LogP contribution in [-0.2, 0) is 0 Å². The molecule has 0 saturated heterocycles. The Morgan fingerprint density at radius 2 is 2.29 bits per heavy atom. The maximum Gasteiger partial charge on any atom is 0.229 e. The van der Waals surface area contributed by atoms with Gasteiger partial charge in [-0.2, -0.15) is 0 Å². The summed E-state index contributed by atoms with van der Waals surface area (Å²) in [6.07, 6.45) is 3.73. The molecule has 0 fully saturated rings. The number of hydrogen-bond donors (Lipinski definition) is 0. The van der Waals surface area contributed by atoms with Gasteiger partial charge < -0.3 is 4.42 Å². The number of carbonyl (C=O) groups excluding carboxylic acids is 1. The molecule has 0 amide bonds.